The van der Waals surface area contributed by atoms with Gasteiger partial charge in [-0.15, -0.1) is 11.8 Å². The third kappa shape index (κ3) is 5.98. The molecular formula is C16H25NO3S. The molecule has 0 aliphatic rings. The van der Waals surface area contributed by atoms with Gasteiger partial charge in [0.25, 0.3) is 0 Å². The summed E-state index contributed by atoms with van der Waals surface area (Å²) in [5, 5.41) is 3.82. The van der Waals surface area contributed by atoms with E-state index in [1.54, 1.807) is 18.9 Å². The van der Waals surface area contributed by atoms with Gasteiger partial charge in [-0.05, 0) is 30.7 Å². The summed E-state index contributed by atoms with van der Waals surface area (Å²) >= 11 is 1.60. The number of carbonyl (C=O) groups excluding carboxylic acids is 1. The molecule has 0 aliphatic heterocycles. The van der Waals surface area contributed by atoms with Crippen molar-refractivity contribution < 1.29 is 14.3 Å². The Hall–Kier alpha value is -1.20. The fourth-order valence-corrected chi connectivity index (χ4v) is 2.98. The second-order valence-electron chi connectivity index (χ2n) is 4.80. The molecular weight excluding hydrogens is 286 g/mol. The topological polar surface area (TPSA) is 47.6 Å². The maximum absolute atomic E-state index is 11.3. The highest BCUT2D eigenvalue weighted by atomic mass is 32.2. The summed E-state index contributed by atoms with van der Waals surface area (Å²) in [6, 6.07) is 8.27. The number of esters is 1. The maximum atomic E-state index is 11.3. The van der Waals surface area contributed by atoms with Crippen LogP contribution in [0.4, 0.5) is 0 Å². The zero-order valence-electron chi connectivity index (χ0n) is 13.2. The second kappa shape index (κ2) is 9.68. The molecule has 1 aromatic carbocycles. The lowest BCUT2D eigenvalue weighted by atomic mass is 10.0. The van der Waals surface area contributed by atoms with E-state index < -0.39 is 0 Å². The minimum absolute atomic E-state index is 0.184. The monoisotopic (exact) mass is 311 g/mol. The normalized spacial score (nSPS) is 13.5. The highest BCUT2D eigenvalue weighted by Gasteiger charge is 2.20. The predicted octanol–water partition coefficient (Wildman–Crippen LogP) is 3.03. The average molecular weight is 311 g/mol. The number of rotatable bonds is 9. The second-order valence-corrected chi connectivity index (χ2v) is 6.16. The Balaban J connectivity index is 2.74. The number of nitrogens with one attached hydrogen (secondary N) is 1. The molecule has 0 saturated carbocycles. The van der Waals surface area contributed by atoms with E-state index in [0.29, 0.717) is 5.75 Å². The Morgan fingerprint density at radius 3 is 2.48 bits per heavy atom. The molecule has 0 fully saturated rings. The summed E-state index contributed by atoms with van der Waals surface area (Å²) in [5.74, 6) is 1.04. The first kappa shape index (κ1) is 17.9. The number of thioether (sulfide) groups is 1. The van der Waals surface area contributed by atoms with E-state index in [0.717, 1.165) is 18.7 Å². The number of ether oxygens (including phenoxy) is 2. The van der Waals surface area contributed by atoms with Crippen molar-refractivity contribution in [2.24, 2.45) is 0 Å². The van der Waals surface area contributed by atoms with Crippen LogP contribution in [0.1, 0.15) is 31.9 Å². The lowest BCUT2D eigenvalue weighted by molar-refractivity contribution is -0.137. The van der Waals surface area contributed by atoms with Crippen molar-refractivity contribution in [3.63, 3.8) is 0 Å². The summed E-state index contributed by atoms with van der Waals surface area (Å²) in [6.45, 7) is 5.22. The van der Waals surface area contributed by atoms with Crippen molar-refractivity contribution >= 4 is 17.7 Å². The van der Waals surface area contributed by atoms with Crippen LogP contribution in [0.2, 0.25) is 0 Å². The van der Waals surface area contributed by atoms with Gasteiger partial charge < -0.3 is 14.8 Å². The first-order valence-corrected chi connectivity index (χ1v) is 8.23. The first-order valence-electron chi connectivity index (χ1n) is 7.18. The van der Waals surface area contributed by atoms with Gasteiger partial charge in [0.15, 0.2) is 0 Å². The lowest BCUT2D eigenvalue weighted by Crippen LogP contribution is -2.30. The largest absolute Gasteiger partial charge is 0.497 e. The molecule has 0 bridgehead atoms. The minimum Gasteiger partial charge on any atom is -0.497 e. The van der Waals surface area contributed by atoms with Crippen LogP contribution in [0, 0.1) is 0 Å². The van der Waals surface area contributed by atoms with E-state index in [-0.39, 0.29) is 17.3 Å². The Morgan fingerprint density at radius 1 is 1.29 bits per heavy atom. The number of hydrogen-bond donors (Lipinski definition) is 1. The number of hydrogen-bond acceptors (Lipinski definition) is 5. The summed E-state index contributed by atoms with van der Waals surface area (Å²) in [4.78, 5) is 11.3. The smallest absolute Gasteiger partial charge is 0.315 e. The minimum atomic E-state index is -0.184. The van der Waals surface area contributed by atoms with Gasteiger partial charge in [0, 0.05) is 11.3 Å². The van der Waals surface area contributed by atoms with Gasteiger partial charge in [-0.3, -0.25) is 4.79 Å². The molecule has 0 aromatic heterocycles. The van der Waals surface area contributed by atoms with Gasteiger partial charge >= 0.3 is 5.97 Å². The molecule has 0 amide bonds. The van der Waals surface area contributed by atoms with Gasteiger partial charge in [-0.25, -0.2) is 0 Å². The molecule has 2 unspecified atom stereocenters. The quantitative estimate of drug-likeness (QED) is 0.710. The average Bonchev–Trinajstić information content (AvgIpc) is 2.53. The first-order chi connectivity index (χ1) is 10.1. The van der Waals surface area contributed by atoms with Gasteiger partial charge in [0.05, 0.1) is 20.0 Å². The van der Waals surface area contributed by atoms with Gasteiger partial charge in [0.2, 0.25) is 0 Å². The molecule has 1 aromatic rings. The van der Waals surface area contributed by atoms with Crippen LogP contribution >= 0.6 is 11.8 Å². The SMILES string of the molecule is CCCNC(c1ccc(OC)cc1)C(C)SCC(=O)OC. The highest BCUT2D eigenvalue weighted by Crippen LogP contribution is 2.28. The standard InChI is InChI=1S/C16H25NO3S/c1-5-10-17-16(12(2)21-11-15(18)20-4)13-6-8-14(19-3)9-7-13/h6-9,12,16-17H,5,10-11H2,1-4H3. The molecule has 118 valence electrons. The molecule has 1 N–H and O–H groups in total. The van der Waals surface area contributed by atoms with E-state index in [4.69, 9.17) is 9.47 Å². The van der Waals surface area contributed by atoms with Crippen molar-refractivity contribution in [2.75, 3.05) is 26.5 Å². The summed E-state index contributed by atoms with van der Waals surface area (Å²) < 4.78 is 9.90. The van der Waals surface area contributed by atoms with E-state index in [9.17, 15) is 4.79 Å². The molecule has 0 aliphatic carbocycles. The molecule has 0 radical (unpaired) electrons. The molecule has 4 nitrogen and oxygen atoms in total. The van der Waals surface area contributed by atoms with Crippen molar-refractivity contribution in [3.8, 4) is 5.75 Å². The fourth-order valence-electron chi connectivity index (χ4n) is 2.02. The van der Waals surface area contributed by atoms with Crippen LogP contribution in [0.3, 0.4) is 0 Å². The van der Waals surface area contributed by atoms with E-state index in [2.05, 4.69) is 31.3 Å². The van der Waals surface area contributed by atoms with Gasteiger partial charge in [0.1, 0.15) is 5.75 Å². The zero-order chi connectivity index (χ0) is 15.7. The number of benzene rings is 1. The molecule has 21 heavy (non-hydrogen) atoms. The lowest BCUT2D eigenvalue weighted by Gasteiger charge is -2.25. The molecule has 0 spiro atoms. The van der Waals surface area contributed by atoms with Crippen molar-refractivity contribution in [1.82, 2.24) is 5.32 Å². The zero-order valence-corrected chi connectivity index (χ0v) is 14.0. The van der Waals surface area contributed by atoms with Crippen LogP contribution in [0.15, 0.2) is 24.3 Å². The van der Waals surface area contributed by atoms with E-state index in [1.807, 2.05) is 12.1 Å². The number of carbonyl (C=O) groups is 1. The Bertz CT molecular complexity index is 422. The Labute approximate surface area is 131 Å². The highest BCUT2D eigenvalue weighted by molar-refractivity contribution is 8.00. The summed E-state index contributed by atoms with van der Waals surface area (Å²) in [5.41, 5.74) is 1.20. The third-order valence-electron chi connectivity index (χ3n) is 3.25. The maximum Gasteiger partial charge on any atom is 0.315 e. The summed E-state index contributed by atoms with van der Waals surface area (Å²) in [7, 11) is 3.08. The van der Waals surface area contributed by atoms with E-state index in [1.165, 1.54) is 12.7 Å². The third-order valence-corrected chi connectivity index (χ3v) is 4.45. The van der Waals surface area contributed by atoms with E-state index >= 15 is 0 Å². The Morgan fingerprint density at radius 2 is 1.95 bits per heavy atom. The Kier molecular flexibility index (Phi) is 8.23. The van der Waals surface area contributed by atoms with Crippen LogP contribution in [-0.4, -0.2) is 37.7 Å². The fraction of sp³-hybridized carbons (Fsp3) is 0.562. The van der Waals surface area contributed by atoms with Crippen molar-refractivity contribution in [3.05, 3.63) is 29.8 Å². The van der Waals surface area contributed by atoms with Crippen LogP contribution in [-0.2, 0) is 9.53 Å². The predicted molar refractivity (Wildman–Crippen MR) is 88.0 cm³/mol. The molecule has 0 saturated heterocycles. The van der Waals surface area contributed by atoms with Crippen LogP contribution in [0.25, 0.3) is 0 Å². The van der Waals surface area contributed by atoms with Crippen LogP contribution in [0.5, 0.6) is 5.75 Å². The van der Waals surface area contributed by atoms with Gasteiger partial charge in [-0.2, -0.15) is 0 Å². The van der Waals surface area contributed by atoms with Crippen molar-refractivity contribution in [2.45, 2.75) is 31.6 Å². The molecule has 0 heterocycles. The molecule has 5 heteroatoms. The molecule has 1 rings (SSSR count). The van der Waals surface area contributed by atoms with Crippen molar-refractivity contribution in [1.29, 1.82) is 0 Å². The molecule has 2 atom stereocenters. The summed E-state index contributed by atoms with van der Waals surface area (Å²) in [6.07, 6.45) is 1.07. The number of methoxy groups -OCH3 is 2. The van der Waals surface area contributed by atoms with Crippen LogP contribution < -0.4 is 10.1 Å². The van der Waals surface area contributed by atoms with Gasteiger partial charge in [-0.1, -0.05) is 26.0 Å².